The van der Waals surface area contributed by atoms with E-state index >= 15 is 0 Å². The highest BCUT2D eigenvalue weighted by atomic mass is 32.2. The van der Waals surface area contributed by atoms with Gasteiger partial charge in [-0.05, 0) is 18.6 Å². The molecule has 3 N–H and O–H groups in total. The minimum Gasteiger partial charge on any atom is -0.363 e. The van der Waals surface area contributed by atoms with E-state index in [1.807, 2.05) is 30.3 Å². The summed E-state index contributed by atoms with van der Waals surface area (Å²) in [5.41, 5.74) is 0. The van der Waals surface area contributed by atoms with Crippen molar-refractivity contribution >= 4 is 16.9 Å². The van der Waals surface area contributed by atoms with Gasteiger partial charge in [0.25, 0.3) is 0 Å². The number of thioether (sulfide) groups is 1. The third-order valence-electron chi connectivity index (χ3n) is 2.13. The molecule has 16 heavy (non-hydrogen) atoms. The molecule has 0 unspecified atom stereocenters. The summed E-state index contributed by atoms with van der Waals surface area (Å²) in [6.45, 7) is 3.13. The maximum Gasteiger partial charge on any atom is 0.184 e. The summed E-state index contributed by atoms with van der Waals surface area (Å²) in [6.07, 6.45) is 3.62. The van der Waals surface area contributed by atoms with Crippen molar-refractivity contribution < 1.29 is 0 Å². The molecule has 88 valence electrons. The predicted molar refractivity (Wildman–Crippen MR) is 71.4 cm³/mol. The summed E-state index contributed by atoms with van der Waals surface area (Å²) in [5, 5.41) is 7.77. The first-order valence-corrected chi connectivity index (χ1v) is 6.43. The molecule has 0 aromatic heterocycles. The number of rotatable bonds is 5. The number of nitrogens with one attached hydrogen (secondary N) is 1. The van der Waals surface area contributed by atoms with Gasteiger partial charge >= 0.3 is 0 Å². The number of nitrogens with two attached hydrogens (primary N) is 1. The highest BCUT2D eigenvalue weighted by Gasteiger charge is 2.00. The zero-order valence-electron chi connectivity index (χ0n) is 9.65. The Balaban J connectivity index is 2.33. The average Bonchev–Trinajstić information content (AvgIpc) is 2.34. The maximum absolute atomic E-state index is 5.34. The van der Waals surface area contributed by atoms with Gasteiger partial charge in [-0.15, -0.1) is 0 Å². The van der Waals surface area contributed by atoms with Crippen LogP contribution in [0.5, 0.6) is 0 Å². The normalized spacial score (nSPS) is 11.4. The van der Waals surface area contributed by atoms with Crippen molar-refractivity contribution in [2.75, 3.05) is 6.54 Å². The molecular weight excluding hydrogens is 218 g/mol. The summed E-state index contributed by atoms with van der Waals surface area (Å²) in [5.74, 6) is 5.34. The first kappa shape index (κ1) is 12.9. The molecule has 0 aliphatic rings. The van der Waals surface area contributed by atoms with Crippen LogP contribution in [-0.2, 0) is 0 Å². The van der Waals surface area contributed by atoms with Crippen LogP contribution >= 0.6 is 11.8 Å². The van der Waals surface area contributed by atoms with Crippen molar-refractivity contribution in [2.45, 2.75) is 31.1 Å². The number of hydrogen-bond donors (Lipinski definition) is 2. The number of hydrogen-bond acceptors (Lipinski definition) is 3. The van der Waals surface area contributed by atoms with E-state index in [4.69, 9.17) is 5.84 Å². The maximum atomic E-state index is 5.34. The van der Waals surface area contributed by atoms with Crippen molar-refractivity contribution in [3.63, 3.8) is 0 Å². The minimum atomic E-state index is 0.780. The van der Waals surface area contributed by atoms with Crippen LogP contribution in [0.25, 0.3) is 0 Å². The molecular formula is C12H19N3S. The Morgan fingerprint density at radius 1 is 1.31 bits per heavy atom. The summed E-state index contributed by atoms with van der Waals surface area (Å²) < 4.78 is 0. The monoisotopic (exact) mass is 237 g/mol. The molecule has 0 aliphatic carbocycles. The van der Waals surface area contributed by atoms with Gasteiger partial charge in [0.2, 0.25) is 0 Å². The topological polar surface area (TPSA) is 50.4 Å². The third-order valence-corrected chi connectivity index (χ3v) is 3.08. The van der Waals surface area contributed by atoms with Gasteiger partial charge < -0.3 is 11.2 Å². The van der Waals surface area contributed by atoms with Crippen LogP contribution in [-0.4, -0.2) is 11.7 Å². The second-order valence-corrected chi connectivity index (χ2v) is 4.55. The molecule has 0 aliphatic heterocycles. The van der Waals surface area contributed by atoms with Gasteiger partial charge in [-0.3, -0.25) is 0 Å². The lowest BCUT2D eigenvalue weighted by Gasteiger charge is -2.07. The van der Waals surface area contributed by atoms with Crippen LogP contribution < -0.4 is 11.2 Å². The van der Waals surface area contributed by atoms with E-state index in [2.05, 4.69) is 17.3 Å². The van der Waals surface area contributed by atoms with Crippen LogP contribution in [0.1, 0.15) is 26.2 Å². The molecule has 0 amide bonds. The predicted octanol–water partition coefficient (Wildman–Crippen LogP) is 2.79. The third kappa shape index (κ3) is 5.07. The smallest absolute Gasteiger partial charge is 0.184 e. The first-order valence-electron chi connectivity index (χ1n) is 5.61. The highest BCUT2D eigenvalue weighted by molar-refractivity contribution is 8.13. The van der Waals surface area contributed by atoms with Crippen molar-refractivity contribution in [1.29, 1.82) is 0 Å². The van der Waals surface area contributed by atoms with Gasteiger partial charge in [0.1, 0.15) is 0 Å². The average molecular weight is 237 g/mol. The van der Waals surface area contributed by atoms with Crippen molar-refractivity contribution in [2.24, 2.45) is 10.9 Å². The van der Waals surface area contributed by atoms with Gasteiger partial charge in [0.05, 0.1) is 0 Å². The van der Waals surface area contributed by atoms with Gasteiger partial charge in [0, 0.05) is 11.4 Å². The van der Waals surface area contributed by atoms with E-state index in [0.717, 1.165) is 23.0 Å². The lowest BCUT2D eigenvalue weighted by atomic mass is 10.2. The Morgan fingerprint density at radius 2 is 2.06 bits per heavy atom. The fourth-order valence-electron chi connectivity index (χ4n) is 1.28. The fourth-order valence-corrected chi connectivity index (χ4v) is 2.02. The number of hydrazone groups is 1. The van der Waals surface area contributed by atoms with Crippen molar-refractivity contribution in [3.05, 3.63) is 30.3 Å². The highest BCUT2D eigenvalue weighted by Crippen LogP contribution is 2.17. The Morgan fingerprint density at radius 3 is 2.69 bits per heavy atom. The molecule has 0 saturated carbocycles. The molecule has 0 saturated heterocycles. The first-order chi connectivity index (χ1) is 7.86. The van der Waals surface area contributed by atoms with Crippen LogP contribution in [0.3, 0.4) is 0 Å². The van der Waals surface area contributed by atoms with E-state index in [1.54, 1.807) is 11.8 Å². The SMILES string of the molecule is CCCCCNC(=NN)Sc1ccccc1. The molecule has 0 atom stereocenters. The summed E-state index contributed by atoms with van der Waals surface area (Å²) in [4.78, 5) is 1.15. The molecule has 3 nitrogen and oxygen atoms in total. The quantitative estimate of drug-likeness (QED) is 0.207. The van der Waals surface area contributed by atoms with Crippen molar-refractivity contribution in [1.82, 2.24) is 5.32 Å². The summed E-state index contributed by atoms with van der Waals surface area (Å²) >= 11 is 1.56. The lowest BCUT2D eigenvalue weighted by Crippen LogP contribution is -2.22. The second kappa shape index (κ2) is 8.05. The lowest BCUT2D eigenvalue weighted by molar-refractivity contribution is 0.697. The van der Waals surface area contributed by atoms with Crippen LogP contribution in [0.4, 0.5) is 0 Å². The summed E-state index contributed by atoms with van der Waals surface area (Å²) in [7, 11) is 0. The number of amidine groups is 1. The molecule has 1 rings (SSSR count). The zero-order chi connectivity index (χ0) is 11.6. The number of nitrogens with zero attached hydrogens (tertiary/aromatic N) is 1. The minimum absolute atomic E-state index is 0.780. The molecule has 0 bridgehead atoms. The largest absolute Gasteiger partial charge is 0.363 e. The molecule has 0 heterocycles. The molecule has 0 fully saturated rings. The van der Waals surface area contributed by atoms with Crippen molar-refractivity contribution in [3.8, 4) is 0 Å². The molecule has 0 spiro atoms. The van der Waals surface area contributed by atoms with Gasteiger partial charge in [-0.1, -0.05) is 49.7 Å². The van der Waals surface area contributed by atoms with E-state index < -0.39 is 0 Å². The molecule has 0 radical (unpaired) electrons. The van der Waals surface area contributed by atoms with E-state index in [1.165, 1.54) is 12.8 Å². The van der Waals surface area contributed by atoms with E-state index in [-0.39, 0.29) is 0 Å². The van der Waals surface area contributed by atoms with Crippen LogP contribution in [0, 0.1) is 0 Å². The fraction of sp³-hybridized carbons (Fsp3) is 0.417. The standard InChI is InChI=1S/C12H19N3S/c1-2-3-7-10-14-12(15-13)16-11-8-5-4-6-9-11/h4-6,8-9H,2-3,7,10,13H2,1H3,(H,14,15). The number of benzene rings is 1. The second-order valence-electron chi connectivity index (χ2n) is 3.48. The Bertz CT molecular complexity index is 311. The van der Waals surface area contributed by atoms with Crippen LogP contribution in [0.2, 0.25) is 0 Å². The Kier molecular flexibility index (Phi) is 6.49. The Labute approximate surface area is 101 Å². The Hall–Kier alpha value is -1.16. The van der Waals surface area contributed by atoms with E-state index in [0.29, 0.717) is 0 Å². The zero-order valence-corrected chi connectivity index (χ0v) is 10.5. The van der Waals surface area contributed by atoms with Gasteiger partial charge in [0.15, 0.2) is 5.17 Å². The number of unbranched alkanes of at least 4 members (excludes halogenated alkanes) is 2. The molecule has 1 aromatic carbocycles. The summed E-state index contributed by atoms with van der Waals surface area (Å²) in [6, 6.07) is 10.1. The van der Waals surface area contributed by atoms with Gasteiger partial charge in [-0.25, -0.2) is 0 Å². The molecule has 4 heteroatoms. The van der Waals surface area contributed by atoms with Gasteiger partial charge in [-0.2, -0.15) is 5.10 Å². The molecule has 1 aromatic rings. The van der Waals surface area contributed by atoms with Crippen LogP contribution in [0.15, 0.2) is 40.3 Å². The van der Waals surface area contributed by atoms with E-state index in [9.17, 15) is 0 Å².